The SMILES string of the molecule is CC1NNC(NC(=O)COCc2ccccc2)C1c1ccc(Br)cc1. The summed E-state index contributed by atoms with van der Waals surface area (Å²) in [5.41, 5.74) is 8.59. The maximum absolute atomic E-state index is 12.2. The molecular weight excluding hydrogens is 382 g/mol. The van der Waals surface area contributed by atoms with Gasteiger partial charge in [0.25, 0.3) is 0 Å². The molecule has 2 aromatic rings. The summed E-state index contributed by atoms with van der Waals surface area (Å²) in [4.78, 5) is 12.2. The van der Waals surface area contributed by atoms with Gasteiger partial charge in [0.1, 0.15) is 12.8 Å². The Morgan fingerprint density at radius 3 is 2.56 bits per heavy atom. The van der Waals surface area contributed by atoms with E-state index in [1.807, 2.05) is 42.5 Å². The second-order valence-electron chi connectivity index (χ2n) is 6.18. The Bertz CT molecular complexity index is 694. The van der Waals surface area contributed by atoms with E-state index < -0.39 is 0 Å². The molecule has 0 radical (unpaired) electrons. The average molecular weight is 404 g/mol. The van der Waals surface area contributed by atoms with Gasteiger partial charge in [0.2, 0.25) is 5.91 Å². The van der Waals surface area contributed by atoms with Crippen molar-refractivity contribution in [3.63, 3.8) is 0 Å². The van der Waals surface area contributed by atoms with E-state index in [1.165, 1.54) is 5.56 Å². The highest BCUT2D eigenvalue weighted by atomic mass is 79.9. The minimum Gasteiger partial charge on any atom is -0.367 e. The van der Waals surface area contributed by atoms with Gasteiger partial charge in [-0.15, -0.1) is 0 Å². The third kappa shape index (κ3) is 4.89. The number of hydrogen-bond acceptors (Lipinski definition) is 4. The fourth-order valence-electron chi connectivity index (χ4n) is 3.03. The van der Waals surface area contributed by atoms with E-state index in [4.69, 9.17) is 4.74 Å². The number of rotatable bonds is 6. The number of hydrogen-bond donors (Lipinski definition) is 3. The average Bonchev–Trinajstić information content (AvgIpc) is 2.97. The number of nitrogens with one attached hydrogen (secondary N) is 3. The molecule has 1 aliphatic heterocycles. The molecule has 2 aromatic carbocycles. The van der Waals surface area contributed by atoms with Gasteiger partial charge in [0.15, 0.2) is 0 Å². The third-order valence-corrected chi connectivity index (χ3v) is 4.81. The molecule has 3 rings (SSSR count). The maximum atomic E-state index is 12.2. The van der Waals surface area contributed by atoms with Crippen LogP contribution in [-0.2, 0) is 16.1 Å². The molecule has 1 aliphatic rings. The van der Waals surface area contributed by atoms with Gasteiger partial charge in [0, 0.05) is 16.4 Å². The number of amides is 1. The van der Waals surface area contributed by atoms with Crippen molar-refractivity contribution in [2.24, 2.45) is 0 Å². The Morgan fingerprint density at radius 1 is 1.12 bits per heavy atom. The van der Waals surface area contributed by atoms with Crippen molar-refractivity contribution in [3.05, 3.63) is 70.2 Å². The molecule has 0 aliphatic carbocycles. The van der Waals surface area contributed by atoms with Crippen LogP contribution < -0.4 is 16.2 Å². The number of halogens is 1. The Hall–Kier alpha value is -1.73. The van der Waals surface area contributed by atoms with Crippen LogP contribution in [0.1, 0.15) is 24.0 Å². The molecule has 1 amide bonds. The molecule has 1 heterocycles. The predicted molar refractivity (Wildman–Crippen MR) is 101 cm³/mol. The van der Waals surface area contributed by atoms with Gasteiger partial charge in [-0.05, 0) is 30.2 Å². The van der Waals surface area contributed by atoms with E-state index in [0.717, 1.165) is 10.0 Å². The first-order chi connectivity index (χ1) is 12.1. The number of carbonyl (C=O) groups is 1. The molecule has 1 saturated heterocycles. The summed E-state index contributed by atoms with van der Waals surface area (Å²) >= 11 is 3.45. The molecule has 6 heteroatoms. The van der Waals surface area contributed by atoms with E-state index in [9.17, 15) is 4.79 Å². The van der Waals surface area contributed by atoms with Gasteiger partial charge >= 0.3 is 0 Å². The van der Waals surface area contributed by atoms with Crippen LogP contribution in [-0.4, -0.2) is 24.7 Å². The van der Waals surface area contributed by atoms with E-state index in [-0.39, 0.29) is 30.6 Å². The van der Waals surface area contributed by atoms with Gasteiger partial charge in [-0.2, -0.15) is 0 Å². The van der Waals surface area contributed by atoms with Crippen LogP contribution >= 0.6 is 15.9 Å². The van der Waals surface area contributed by atoms with Gasteiger partial charge in [-0.1, -0.05) is 58.4 Å². The first kappa shape index (κ1) is 18.1. The summed E-state index contributed by atoms with van der Waals surface area (Å²) in [6, 6.07) is 18.2. The second kappa shape index (κ2) is 8.58. The van der Waals surface area contributed by atoms with E-state index >= 15 is 0 Å². The molecule has 3 unspecified atom stereocenters. The zero-order chi connectivity index (χ0) is 17.6. The normalized spacial score (nSPS) is 22.7. The topological polar surface area (TPSA) is 62.4 Å². The van der Waals surface area contributed by atoms with Crippen LogP contribution in [0.15, 0.2) is 59.1 Å². The monoisotopic (exact) mass is 403 g/mol. The van der Waals surface area contributed by atoms with Crippen LogP contribution in [0.4, 0.5) is 0 Å². The first-order valence-corrected chi connectivity index (χ1v) is 9.10. The van der Waals surface area contributed by atoms with E-state index in [2.05, 4.69) is 51.2 Å². The fourth-order valence-corrected chi connectivity index (χ4v) is 3.30. The standard InChI is InChI=1S/C19H22BrN3O2/c1-13-18(15-7-9-16(20)10-8-15)19(23-22-13)21-17(24)12-25-11-14-5-3-2-4-6-14/h2-10,13,18-19,22-23H,11-12H2,1H3,(H,21,24). The van der Waals surface area contributed by atoms with Gasteiger partial charge < -0.3 is 10.1 Å². The summed E-state index contributed by atoms with van der Waals surface area (Å²) in [5.74, 6) is 0.0117. The van der Waals surface area contributed by atoms with Crippen molar-refractivity contribution in [2.75, 3.05) is 6.61 Å². The van der Waals surface area contributed by atoms with E-state index in [0.29, 0.717) is 6.61 Å². The van der Waals surface area contributed by atoms with E-state index in [1.54, 1.807) is 0 Å². The zero-order valence-electron chi connectivity index (χ0n) is 14.0. The maximum Gasteiger partial charge on any atom is 0.247 e. The van der Waals surface area contributed by atoms with Crippen molar-refractivity contribution in [1.82, 2.24) is 16.2 Å². The summed E-state index contributed by atoms with van der Waals surface area (Å²) in [6.07, 6.45) is -0.177. The summed E-state index contributed by atoms with van der Waals surface area (Å²) in [5, 5.41) is 3.01. The molecular formula is C19H22BrN3O2. The van der Waals surface area contributed by atoms with Crippen molar-refractivity contribution < 1.29 is 9.53 Å². The van der Waals surface area contributed by atoms with Crippen LogP contribution in [0, 0.1) is 0 Å². The van der Waals surface area contributed by atoms with Crippen LogP contribution in [0.3, 0.4) is 0 Å². The molecule has 0 aromatic heterocycles. The lowest BCUT2D eigenvalue weighted by molar-refractivity contribution is -0.127. The second-order valence-corrected chi connectivity index (χ2v) is 7.09. The Balaban J connectivity index is 1.53. The summed E-state index contributed by atoms with van der Waals surface area (Å²) in [7, 11) is 0. The molecule has 1 fully saturated rings. The predicted octanol–water partition coefficient (Wildman–Crippen LogP) is 2.69. The number of carbonyl (C=O) groups excluding carboxylic acids is 1. The highest BCUT2D eigenvalue weighted by molar-refractivity contribution is 9.10. The van der Waals surface area contributed by atoms with Crippen LogP contribution in [0.25, 0.3) is 0 Å². The van der Waals surface area contributed by atoms with Gasteiger partial charge in [0.05, 0.1) is 6.61 Å². The molecule has 0 saturated carbocycles. The molecule has 3 N–H and O–H groups in total. The molecule has 0 spiro atoms. The van der Waals surface area contributed by atoms with Crippen LogP contribution in [0.2, 0.25) is 0 Å². The highest BCUT2D eigenvalue weighted by Crippen LogP contribution is 2.27. The lowest BCUT2D eigenvalue weighted by Crippen LogP contribution is -2.47. The van der Waals surface area contributed by atoms with Gasteiger partial charge in [-0.3, -0.25) is 10.2 Å². The van der Waals surface area contributed by atoms with Crippen molar-refractivity contribution >= 4 is 21.8 Å². The minimum atomic E-state index is -0.177. The van der Waals surface area contributed by atoms with Crippen molar-refractivity contribution in [1.29, 1.82) is 0 Å². The zero-order valence-corrected chi connectivity index (χ0v) is 15.6. The number of hydrazine groups is 1. The molecule has 0 bridgehead atoms. The Morgan fingerprint density at radius 2 is 1.84 bits per heavy atom. The fraction of sp³-hybridized carbons (Fsp3) is 0.316. The minimum absolute atomic E-state index is 0.0362. The summed E-state index contributed by atoms with van der Waals surface area (Å²) in [6.45, 7) is 2.56. The largest absolute Gasteiger partial charge is 0.367 e. The van der Waals surface area contributed by atoms with Gasteiger partial charge in [-0.25, -0.2) is 5.43 Å². The first-order valence-electron chi connectivity index (χ1n) is 8.31. The highest BCUT2D eigenvalue weighted by Gasteiger charge is 2.35. The van der Waals surface area contributed by atoms with Crippen LogP contribution in [0.5, 0.6) is 0 Å². The lowest BCUT2D eigenvalue weighted by Gasteiger charge is -2.22. The molecule has 25 heavy (non-hydrogen) atoms. The Kier molecular flexibility index (Phi) is 6.20. The number of ether oxygens (including phenoxy) is 1. The molecule has 5 nitrogen and oxygen atoms in total. The Labute approximate surface area is 156 Å². The smallest absolute Gasteiger partial charge is 0.247 e. The molecule has 3 atom stereocenters. The van der Waals surface area contributed by atoms with Crippen molar-refractivity contribution in [2.45, 2.75) is 31.7 Å². The molecule has 132 valence electrons. The number of benzene rings is 2. The quantitative estimate of drug-likeness (QED) is 0.693. The lowest BCUT2D eigenvalue weighted by atomic mass is 9.91. The third-order valence-electron chi connectivity index (χ3n) is 4.28. The van der Waals surface area contributed by atoms with Crippen molar-refractivity contribution in [3.8, 4) is 0 Å². The summed E-state index contributed by atoms with van der Waals surface area (Å²) < 4.78 is 6.55.